The van der Waals surface area contributed by atoms with Gasteiger partial charge in [-0.2, -0.15) is 0 Å². The third-order valence-electron chi connectivity index (χ3n) is 2.97. The predicted octanol–water partition coefficient (Wildman–Crippen LogP) is 2.37. The maximum absolute atomic E-state index is 12.0. The van der Waals surface area contributed by atoms with Gasteiger partial charge in [-0.25, -0.2) is 9.97 Å². The number of aromatic nitrogens is 3. The Hall–Kier alpha value is -3.13. The van der Waals surface area contributed by atoms with E-state index in [1.807, 2.05) is 30.3 Å². The van der Waals surface area contributed by atoms with Gasteiger partial charge in [-0.1, -0.05) is 18.2 Å². The largest absolute Gasteiger partial charge is 0.326 e. The maximum Gasteiger partial charge on any atom is 0.277 e. The molecule has 2 aromatic heterocycles. The first-order valence-corrected chi connectivity index (χ1v) is 7.95. The maximum atomic E-state index is 12.0. The van der Waals surface area contributed by atoms with Gasteiger partial charge in [0.15, 0.2) is 5.13 Å². The summed E-state index contributed by atoms with van der Waals surface area (Å²) in [7, 11) is 0. The molecular weight excluding hydrogens is 326 g/mol. The summed E-state index contributed by atoms with van der Waals surface area (Å²) in [6, 6.07) is 9.19. The third-order valence-corrected chi connectivity index (χ3v) is 3.77. The number of carbonyl (C=O) groups excluding carboxylic acids is 2. The van der Waals surface area contributed by atoms with Crippen LogP contribution in [0.15, 0.2) is 54.3 Å². The molecule has 0 unspecified atom stereocenters. The van der Waals surface area contributed by atoms with E-state index >= 15 is 0 Å². The number of thiazole rings is 1. The van der Waals surface area contributed by atoms with Gasteiger partial charge in [0.1, 0.15) is 5.69 Å². The molecule has 2 N–H and O–H groups in total. The smallest absolute Gasteiger partial charge is 0.277 e. The van der Waals surface area contributed by atoms with Crippen molar-refractivity contribution >= 4 is 34.0 Å². The molecular formula is C16H13N5O2S. The average Bonchev–Trinajstić information content (AvgIpc) is 3.03. The zero-order valence-corrected chi connectivity index (χ0v) is 13.3. The summed E-state index contributed by atoms with van der Waals surface area (Å²) < 4.78 is 0. The van der Waals surface area contributed by atoms with Crippen LogP contribution in [0.1, 0.15) is 16.2 Å². The van der Waals surface area contributed by atoms with Crippen molar-refractivity contribution in [2.45, 2.75) is 6.42 Å². The van der Waals surface area contributed by atoms with Gasteiger partial charge >= 0.3 is 0 Å². The Morgan fingerprint density at radius 1 is 1.08 bits per heavy atom. The number of anilines is 2. The number of para-hydroxylation sites is 1. The highest BCUT2D eigenvalue weighted by molar-refractivity contribution is 7.14. The molecule has 1 aromatic carbocycles. The zero-order chi connectivity index (χ0) is 16.8. The van der Waals surface area contributed by atoms with Gasteiger partial charge in [-0.05, 0) is 12.1 Å². The number of benzene rings is 1. The molecule has 2 amide bonds. The fourth-order valence-corrected chi connectivity index (χ4v) is 2.62. The van der Waals surface area contributed by atoms with Gasteiger partial charge in [0.25, 0.3) is 5.91 Å². The van der Waals surface area contributed by atoms with Crippen molar-refractivity contribution in [3.05, 3.63) is 65.7 Å². The van der Waals surface area contributed by atoms with Crippen LogP contribution in [-0.4, -0.2) is 26.8 Å². The number of hydrogen-bond donors (Lipinski definition) is 2. The van der Waals surface area contributed by atoms with Gasteiger partial charge in [0.2, 0.25) is 5.91 Å². The van der Waals surface area contributed by atoms with Crippen LogP contribution in [0.3, 0.4) is 0 Å². The molecule has 0 aliphatic carbocycles. The minimum atomic E-state index is -0.391. The van der Waals surface area contributed by atoms with Crippen molar-refractivity contribution in [3.8, 4) is 0 Å². The second-order valence-electron chi connectivity index (χ2n) is 4.78. The van der Waals surface area contributed by atoms with Gasteiger partial charge in [-0.15, -0.1) is 11.3 Å². The van der Waals surface area contributed by atoms with Crippen LogP contribution in [0.4, 0.5) is 10.8 Å². The van der Waals surface area contributed by atoms with Crippen LogP contribution in [0, 0.1) is 0 Å². The Labute approximate surface area is 141 Å². The van der Waals surface area contributed by atoms with Crippen molar-refractivity contribution in [2.24, 2.45) is 0 Å². The fraction of sp³-hybridized carbons (Fsp3) is 0.0625. The van der Waals surface area contributed by atoms with Gasteiger partial charge in [-0.3, -0.25) is 19.9 Å². The molecule has 2 heterocycles. The molecule has 0 bridgehead atoms. The fourth-order valence-electron chi connectivity index (χ4n) is 1.91. The second kappa shape index (κ2) is 7.42. The summed E-state index contributed by atoms with van der Waals surface area (Å²) in [6.45, 7) is 0. The number of rotatable bonds is 5. The standard InChI is InChI=1S/C16H13N5O2S/c22-14(19-11-4-2-1-3-5-11)8-12-10-24-16(20-12)21-15(23)13-9-17-6-7-18-13/h1-7,9-10H,8H2,(H,19,22)(H,20,21,23). The number of nitrogens with one attached hydrogen (secondary N) is 2. The van der Waals surface area contributed by atoms with E-state index in [0.717, 1.165) is 5.69 Å². The Morgan fingerprint density at radius 2 is 1.92 bits per heavy atom. The van der Waals surface area contributed by atoms with Crippen LogP contribution >= 0.6 is 11.3 Å². The minimum Gasteiger partial charge on any atom is -0.326 e. The number of carbonyl (C=O) groups is 2. The first-order valence-electron chi connectivity index (χ1n) is 7.07. The molecule has 0 aliphatic rings. The van der Waals surface area contributed by atoms with E-state index in [1.54, 1.807) is 5.38 Å². The highest BCUT2D eigenvalue weighted by Gasteiger charge is 2.12. The van der Waals surface area contributed by atoms with Crippen LogP contribution in [0.25, 0.3) is 0 Å². The van der Waals surface area contributed by atoms with E-state index in [0.29, 0.717) is 10.8 Å². The highest BCUT2D eigenvalue weighted by atomic mass is 32.1. The monoisotopic (exact) mass is 339 g/mol. The summed E-state index contributed by atoms with van der Waals surface area (Å²) in [6.07, 6.45) is 4.43. The molecule has 0 saturated carbocycles. The minimum absolute atomic E-state index is 0.131. The molecule has 8 heteroatoms. The summed E-state index contributed by atoms with van der Waals surface area (Å²) in [5.41, 5.74) is 1.52. The van der Waals surface area contributed by atoms with E-state index in [-0.39, 0.29) is 18.0 Å². The lowest BCUT2D eigenvalue weighted by Crippen LogP contribution is -2.15. The molecule has 24 heavy (non-hydrogen) atoms. The van der Waals surface area contributed by atoms with Crippen LogP contribution < -0.4 is 10.6 Å². The van der Waals surface area contributed by atoms with E-state index in [4.69, 9.17) is 0 Å². The Bertz CT molecular complexity index is 836. The van der Waals surface area contributed by atoms with Crippen molar-refractivity contribution in [2.75, 3.05) is 10.6 Å². The number of nitrogens with zero attached hydrogens (tertiary/aromatic N) is 3. The van der Waals surface area contributed by atoms with E-state index in [2.05, 4.69) is 25.6 Å². The molecule has 0 saturated heterocycles. The lowest BCUT2D eigenvalue weighted by Gasteiger charge is -2.03. The van der Waals surface area contributed by atoms with E-state index in [1.165, 1.54) is 29.9 Å². The van der Waals surface area contributed by atoms with Crippen molar-refractivity contribution in [1.29, 1.82) is 0 Å². The highest BCUT2D eigenvalue weighted by Crippen LogP contribution is 2.17. The SMILES string of the molecule is O=C(Cc1csc(NC(=O)c2cnccn2)n1)Nc1ccccc1. The Morgan fingerprint density at radius 3 is 2.67 bits per heavy atom. The summed E-state index contributed by atoms with van der Waals surface area (Å²) in [4.78, 5) is 35.9. The molecule has 0 aliphatic heterocycles. The van der Waals surface area contributed by atoms with Gasteiger partial charge in [0, 0.05) is 23.5 Å². The Balaban J connectivity index is 1.57. The van der Waals surface area contributed by atoms with E-state index < -0.39 is 5.91 Å². The van der Waals surface area contributed by atoms with Crippen molar-refractivity contribution in [3.63, 3.8) is 0 Å². The van der Waals surface area contributed by atoms with Crippen LogP contribution in [0.5, 0.6) is 0 Å². The topological polar surface area (TPSA) is 96.9 Å². The summed E-state index contributed by atoms with van der Waals surface area (Å²) in [5, 5.41) is 7.57. The first kappa shape index (κ1) is 15.8. The first-order chi connectivity index (χ1) is 11.7. The average molecular weight is 339 g/mol. The molecule has 120 valence electrons. The molecule has 3 rings (SSSR count). The van der Waals surface area contributed by atoms with Crippen molar-refractivity contribution in [1.82, 2.24) is 15.0 Å². The predicted molar refractivity (Wildman–Crippen MR) is 90.9 cm³/mol. The third kappa shape index (κ3) is 4.20. The molecule has 0 fully saturated rings. The second-order valence-corrected chi connectivity index (χ2v) is 5.64. The van der Waals surface area contributed by atoms with Crippen molar-refractivity contribution < 1.29 is 9.59 Å². The van der Waals surface area contributed by atoms with Crippen LogP contribution in [-0.2, 0) is 11.2 Å². The quantitative estimate of drug-likeness (QED) is 0.744. The molecule has 0 radical (unpaired) electrons. The zero-order valence-electron chi connectivity index (χ0n) is 12.5. The summed E-state index contributed by atoms with van der Waals surface area (Å²) >= 11 is 1.25. The number of hydrogen-bond acceptors (Lipinski definition) is 6. The normalized spacial score (nSPS) is 10.2. The van der Waals surface area contributed by atoms with Gasteiger partial charge < -0.3 is 5.32 Å². The molecule has 0 spiro atoms. The summed E-state index contributed by atoms with van der Waals surface area (Å²) in [5.74, 6) is -0.559. The van der Waals surface area contributed by atoms with Crippen LogP contribution in [0.2, 0.25) is 0 Å². The molecule has 7 nitrogen and oxygen atoms in total. The molecule has 3 aromatic rings. The lowest BCUT2D eigenvalue weighted by atomic mass is 10.3. The lowest BCUT2D eigenvalue weighted by molar-refractivity contribution is -0.115. The number of amides is 2. The molecule has 0 atom stereocenters. The van der Waals surface area contributed by atoms with Gasteiger partial charge in [0.05, 0.1) is 18.3 Å². The Kier molecular flexibility index (Phi) is 4.87. The van der Waals surface area contributed by atoms with E-state index in [9.17, 15) is 9.59 Å².